The highest BCUT2D eigenvalue weighted by molar-refractivity contribution is 8.01. The molecule has 3 aromatic rings. The number of rotatable bonds is 9. The van der Waals surface area contributed by atoms with Gasteiger partial charge in [-0.1, -0.05) is 42.2 Å². The third-order valence-electron chi connectivity index (χ3n) is 5.37. The molecule has 190 valence electrons. The van der Waals surface area contributed by atoms with Gasteiger partial charge in [0.15, 0.2) is 15.8 Å². The van der Waals surface area contributed by atoms with Gasteiger partial charge in [-0.25, -0.2) is 0 Å². The Kier molecular flexibility index (Phi) is 8.60. The van der Waals surface area contributed by atoms with Crippen molar-refractivity contribution < 1.29 is 23.8 Å². The number of hydrogen-bond donors (Lipinski definition) is 1. The number of nitrogens with one attached hydrogen (secondary N) is 1. The minimum absolute atomic E-state index is 0.131. The fourth-order valence-corrected chi connectivity index (χ4v) is 6.69. The van der Waals surface area contributed by atoms with E-state index in [0.717, 1.165) is 20.6 Å². The molecule has 2 heterocycles. The van der Waals surface area contributed by atoms with E-state index in [-0.39, 0.29) is 30.0 Å². The quantitative estimate of drug-likeness (QED) is 0.297. The standard InChI is InChI=1S/C24H26N4O5S3/c1-5-34-24-27-26-23(36-24)25-20(29)13-28-15-8-6-7-9-18(15)35-19(12-21(28)30)14-10-16(31-2)22(33-4)17(11-14)32-3/h6-11,19H,5,12-13H2,1-4H3,(H,25,26,29). The lowest BCUT2D eigenvalue weighted by molar-refractivity contribution is -0.121. The maximum atomic E-state index is 13.5. The van der Waals surface area contributed by atoms with E-state index in [4.69, 9.17) is 14.2 Å². The first-order valence-electron chi connectivity index (χ1n) is 11.1. The van der Waals surface area contributed by atoms with Crippen LogP contribution in [0.1, 0.15) is 24.2 Å². The van der Waals surface area contributed by atoms with Crippen molar-refractivity contribution in [2.45, 2.75) is 27.8 Å². The monoisotopic (exact) mass is 546 g/mol. The Morgan fingerprint density at radius 1 is 1.14 bits per heavy atom. The predicted octanol–water partition coefficient (Wildman–Crippen LogP) is 4.88. The summed E-state index contributed by atoms with van der Waals surface area (Å²) in [4.78, 5) is 28.8. The van der Waals surface area contributed by atoms with Crippen LogP contribution in [0.25, 0.3) is 0 Å². The van der Waals surface area contributed by atoms with Crippen molar-refractivity contribution in [3.63, 3.8) is 0 Å². The van der Waals surface area contributed by atoms with Crippen LogP contribution in [0.3, 0.4) is 0 Å². The number of fused-ring (bicyclic) bond motifs is 1. The van der Waals surface area contributed by atoms with Crippen molar-refractivity contribution >= 4 is 57.5 Å². The topological polar surface area (TPSA) is 103 Å². The SMILES string of the molecule is CCSc1nnc(NC(=O)CN2C(=O)CC(c3cc(OC)c(OC)c(OC)c3)Sc3ccccc32)s1. The number of anilines is 2. The van der Waals surface area contributed by atoms with E-state index in [1.54, 1.807) is 44.9 Å². The summed E-state index contributed by atoms with van der Waals surface area (Å²) in [6.45, 7) is 1.89. The first-order chi connectivity index (χ1) is 17.5. The van der Waals surface area contributed by atoms with Gasteiger partial charge in [-0.3, -0.25) is 14.9 Å². The molecule has 4 rings (SSSR count). The van der Waals surface area contributed by atoms with Crippen molar-refractivity contribution in [2.75, 3.05) is 43.8 Å². The van der Waals surface area contributed by atoms with Crippen molar-refractivity contribution in [3.05, 3.63) is 42.0 Å². The molecule has 0 saturated heterocycles. The molecule has 0 fully saturated rings. The second kappa shape index (κ2) is 11.8. The van der Waals surface area contributed by atoms with E-state index in [1.807, 2.05) is 43.3 Å². The molecule has 0 spiro atoms. The summed E-state index contributed by atoms with van der Waals surface area (Å²) in [6, 6.07) is 11.3. The minimum Gasteiger partial charge on any atom is -0.493 e. The number of ether oxygens (including phenoxy) is 3. The van der Waals surface area contributed by atoms with Gasteiger partial charge in [-0.05, 0) is 35.6 Å². The summed E-state index contributed by atoms with van der Waals surface area (Å²) in [5.74, 6) is 1.90. The largest absolute Gasteiger partial charge is 0.493 e. The number of aromatic nitrogens is 2. The molecule has 12 heteroatoms. The zero-order valence-corrected chi connectivity index (χ0v) is 22.7. The van der Waals surface area contributed by atoms with Crippen LogP contribution in [0.4, 0.5) is 10.8 Å². The van der Waals surface area contributed by atoms with Gasteiger partial charge in [-0.2, -0.15) is 0 Å². The molecule has 36 heavy (non-hydrogen) atoms. The molecule has 2 amide bonds. The molecule has 1 aliphatic heterocycles. The fourth-order valence-electron chi connectivity index (χ4n) is 3.77. The summed E-state index contributed by atoms with van der Waals surface area (Å²) < 4.78 is 17.2. The number of carbonyl (C=O) groups is 2. The summed E-state index contributed by atoms with van der Waals surface area (Å²) in [6.07, 6.45) is 0.182. The van der Waals surface area contributed by atoms with Crippen LogP contribution < -0.4 is 24.4 Å². The Balaban J connectivity index is 1.60. The zero-order chi connectivity index (χ0) is 25.7. The molecule has 1 unspecified atom stereocenters. The van der Waals surface area contributed by atoms with Crippen molar-refractivity contribution in [3.8, 4) is 17.2 Å². The number of thioether (sulfide) groups is 2. The Morgan fingerprint density at radius 3 is 2.53 bits per heavy atom. The van der Waals surface area contributed by atoms with Gasteiger partial charge in [0.2, 0.25) is 22.7 Å². The van der Waals surface area contributed by atoms with E-state index < -0.39 is 0 Å². The molecular formula is C24H26N4O5S3. The van der Waals surface area contributed by atoms with Crippen LogP contribution in [0.15, 0.2) is 45.6 Å². The maximum Gasteiger partial charge on any atom is 0.246 e. The number of amides is 2. The van der Waals surface area contributed by atoms with Gasteiger partial charge >= 0.3 is 0 Å². The van der Waals surface area contributed by atoms with Crippen LogP contribution >= 0.6 is 34.9 Å². The summed E-state index contributed by atoms with van der Waals surface area (Å²) >= 11 is 4.43. The van der Waals surface area contributed by atoms with Gasteiger partial charge in [0, 0.05) is 16.6 Å². The summed E-state index contributed by atoms with van der Waals surface area (Å²) in [5, 5.41) is 11.0. The van der Waals surface area contributed by atoms with Crippen molar-refractivity contribution in [1.82, 2.24) is 10.2 Å². The lowest BCUT2D eigenvalue weighted by Gasteiger charge is -2.21. The molecule has 1 aliphatic rings. The van der Waals surface area contributed by atoms with E-state index >= 15 is 0 Å². The molecule has 1 N–H and O–H groups in total. The molecule has 0 saturated carbocycles. The van der Waals surface area contributed by atoms with Gasteiger partial charge in [-0.15, -0.1) is 22.0 Å². The number of carbonyl (C=O) groups excluding carboxylic acids is 2. The fraction of sp³-hybridized carbons (Fsp3) is 0.333. The Labute approximate surface area is 221 Å². The van der Waals surface area contributed by atoms with E-state index in [9.17, 15) is 9.59 Å². The second-order valence-corrected chi connectivity index (χ2v) is 11.3. The smallest absolute Gasteiger partial charge is 0.246 e. The van der Waals surface area contributed by atoms with Crippen LogP contribution in [0.2, 0.25) is 0 Å². The average molecular weight is 547 g/mol. The van der Waals surface area contributed by atoms with Gasteiger partial charge in [0.05, 0.1) is 27.0 Å². The molecular weight excluding hydrogens is 520 g/mol. The minimum atomic E-state index is -0.335. The highest BCUT2D eigenvalue weighted by atomic mass is 32.2. The Hall–Kier alpha value is -2.96. The van der Waals surface area contributed by atoms with Gasteiger partial charge < -0.3 is 19.1 Å². The Bertz CT molecular complexity index is 1230. The summed E-state index contributed by atoms with van der Waals surface area (Å²) in [5.41, 5.74) is 1.55. The molecule has 1 atom stereocenters. The average Bonchev–Trinajstić information content (AvgIpc) is 3.27. The highest BCUT2D eigenvalue weighted by Crippen LogP contribution is 2.49. The van der Waals surface area contributed by atoms with Gasteiger partial charge in [0.25, 0.3) is 0 Å². The lowest BCUT2D eigenvalue weighted by atomic mass is 10.1. The highest BCUT2D eigenvalue weighted by Gasteiger charge is 2.31. The normalized spacial score (nSPS) is 15.2. The number of nitrogens with zero attached hydrogens (tertiary/aromatic N) is 3. The first kappa shape index (κ1) is 26.1. The van der Waals surface area contributed by atoms with E-state index in [2.05, 4.69) is 15.5 Å². The molecule has 0 aliphatic carbocycles. The molecule has 2 aromatic carbocycles. The van der Waals surface area contributed by atoms with Crippen LogP contribution in [0.5, 0.6) is 17.2 Å². The van der Waals surface area contributed by atoms with Crippen LogP contribution in [-0.2, 0) is 9.59 Å². The van der Waals surface area contributed by atoms with Crippen LogP contribution in [-0.4, -0.2) is 55.6 Å². The van der Waals surface area contributed by atoms with E-state index in [0.29, 0.717) is 28.1 Å². The number of hydrogen-bond acceptors (Lipinski definition) is 10. The van der Waals surface area contributed by atoms with Gasteiger partial charge in [0.1, 0.15) is 6.54 Å². The van der Waals surface area contributed by atoms with Crippen molar-refractivity contribution in [2.24, 2.45) is 0 Å². The predicted molar refractivity (Wildman–Crippen MR) is 143 cm³/mol. The zero-order valence-electron chi connectivity index (χ0n) is 20.3. The number of para-hydroxylation sites is 1. The number of methoxy groups -OCH3 is 3. The maximum absolute atomic E-state index is 13.5. The first-order valence-corrected chi connectivity index (χ1v) is 13.8. The Morgan fingerprint density at radius 2 is 1.86 bits per heavy atom. The lowest BCUT2D eigenvalue weighted by Crippen LogP contribution is -2.38. The molecule has 1 aromatic heterocycles. The number of benzene rings is 2. The molecule has 0 radical (unpaired) electrons. The molecule has 9 nitrogen and oxygen atoms in total. The second-order valence-electron chi connectivity index (χ2n) is 7.57. The summed E-state index contributed by atoms with van der Waals surface area (Å²) in [7, 11) is 4.67. The third-order valence-corrected chi connectivity index (χ3v) is 8.54. The molecule has 0 bridgehead atoms. The van der Waals surface area contributed by atoms with E-state index in [1.165, 1.54) is 16.2 Å². The van der Waals surface area contributed by atoms with Crippen molar-refractivity contribution in [1.29, 1.82) is 0 Å². The third kappa shape index (κ3) is 5.71. The van der Waals surface area contributed by atoms with Crippen LogP contribution in [0, 0.1) is 0 Å².